The number of hydrogen-bond acceptors (Lipinski definition) is 4. The van der Waals surface area contributed by atoms with E-state index in [9.17, 15) is 18.4 Å². The van der Waals surface area contributed by atoms with Crippen molar-refractivity contribution in [2.45, 2.75) is 6.42 Å². The Labute approximate surface area is 154 Å². The van der Waals surface area contributed by atoms with Gasteiger partial charge in [-0.25, -0.2) is 8.78 Å². The number of hydrogen-bond donors (Lipinski definition) is 1. The molecule has 1 fully saturated rings. The molecule has 6 nitrogen and oxygen atoms in total. The van der Waals surface area contributed by atoms with Gasteiger partial charge in [-0.3, -0.25) is 9.59 Å². The molecule has 0 bridgehead atoms. The zero-order valence-corrected chi connectivity index (χ0v) is 14.8. The fraction of sp³-hybridized carbons (Fsp3) is 0.263. The molecule has 8 heteroatoms. The first-order valence-electron chi connectivity index (χ1n) is 8.22. The molecular weight excluding hydrogens is 358 g/mol. The van der Waals surface area contributed by atoms with E-state index < -0.39 is 29.1 Å². The van der Waals surface area contributed by atoms with Gasteiger partial charge in [0.05, 0.1) is 25.8 Å². The van der Waals surface area contributed by atoms with Crippen molar-refractivity contribution in [1.82, 2.24) is 0 Å². The summed E-state index contributed by atoms with van der Waals surface area (Å²) in [5.41, 5.74) is -0.0221. The van der Waals surface area contributed by atoms with E-state index in [1.165, 1.54) is 25.2 Å². The highest BCUT2D eigenvalue weighted by Crippen LogP contribution is 2.36. The monoisotopic (exact) mass is 376 g/mol. The van der Waals surface area contributed by atoms with Gasteiger partial charge in [0.2, 0.25) is 11.8 Å². The third-order valence-corrected chi connectivity index (χ3v) is 4.38. The zero-order valence-electron chi connectivity index (χ0n) is 14.8. The number of para-hydroxylation sites is 1. The molecule has 0 aromatic heterocycles. The summed E-state index contributed by atoms with van der Waals surface area (Å²) in [4.78, 5) is 26.2. The lowest BCUT2D eigenvalue weighted by Crippen LogP contribution is -2.28. The highest BCUT2D eigenvalue weighted by Gasteiger charge is 2.36. The molecule has 0 spiro atoms. The maximum Gasteiger partial charge on any atom is 0.229 e. The Morgan fingerprint density at radius 1 is 1.15 bits per heavy atom. The van der Waals surface area contributed by atoms with Gasteiger partial charge in [-0.15, -0.1) is 0 Å². The van der Waals surface area contributed by atoms with Gasteiger partial charge >= 0.3 is 0 Å². The number of amides is 2. The number of carbonyl (C=O) groups excluding carboxylic acids is 2. The smallest absolute Gasteiger partial charge is 0.229 e. The number of methoxy groups -OCH3 is 2. The third kappa shape index (κ3) is 3.69. The van der Waals surface area contributed by atoms with Gasteiger partial charge in [0.15, 0.2) is 0 Å². The highest BCUT2D eigenvalue weighted by atomic mass is 19.1. The second-order valence-electron chi connectivity index (χ2n) is 6.03. The van der Waals surface area contributed by atoms with Gasteiger partial charge in [-0.1, -0.05) is 6.07 Å². The minimum Gasteiger partial charge on any atom is -0.497 e. The van der Waals surface area contributed by atoms with Crippen molar-refractivity contribution in [1.29, 1.82) is 0 Å². The van der Waals surface area contributed by atoms with E-state index in [2.05, 4.69) is 5.32 Å². The quantitative estimate of drug-likeness (QED) is 0.871. The SMILES string of the molecule is COc1ccc(N2CC(C(=O)Nc3c(F)cccc3F)CC2=O)c(OC)c1. The molecule has 2 aromatic rings. The van der Waals surface area contributed by atoms with Gasteiger partial charge in [0.25, 0.3) is 0 Å². The highest BCUT2D eigenvalue weighted by molar-refractivity contribution is 6.04. The van der Waals surface area contributed by atoms with Crippen molar-refractivity contribution in [2.24, 2.45) is 5.92 Å². The summed E-state index contributed by atoms with van der Waals surface area (Å²) in [5, 5.41) is 2.24. The van der Waals surface area contributed by atoms with Crippen LogP contribution in [0, 0.1) is 17.6 Å². The van der Waals surface area contributed by atoms with Crippen LogP contribution in [0.1, 0.15) is 6.42 Å². The molecule has 2 amide bonds. The number of carbonyl (C=O) groups is 2. The molecule has 1 unspecified atom stereocenters. The summed E-state index contributed by atoms with van der Waals surface area (Å²) in [6, 6.07) is 8.27. The molecule has 1 aliphatic heterocycles. The van der Waals surface area contributed by atoms with Gasteiger partial charge in [0, 0.05) is 19.0 Å². The minimum absolute atomic E-state index is 0.0723. The van der Waals surface area contributed by atoms with Crippen molar-refractivity contribution in [3.05, 3.63) is 48.0 Å². The topological polar surface area (TPSA) is 67.9 Å². The van der Waals surface area contributed by atoms with E-state index in [-0.39, 0.29) is 18.9 Å². The molecule has 142 valence electrons. The minimum atomic E-state index is -0.874. The predicted molar refractivity (Wildman–Crippen MR) is 95.0 cm³/mol. The molecular formula is C19H18F2N2O4. The average Bonchev–Trinajstić information content (AvgIpc) is 3.05. The number of nitrogens with zero attached hydrogens (tertiary/aromatic N) is 1. The average molecular weight is 376 g/mol. The Bertz CT molecular complexity index is 868. The van der Waals surface area contributed by atoms with Crippen LogP contribution in [0.4, 0.5) is 20.2 Å². The van der Waals surface area contributed by atoms with Crippen LogP contribution in [0.5, 0.6) is 11.5 Å². The van der Waals surface area contributed by atoms with Crippen LogP contribution in [-0.4, -0.2) is 32.6 Å². The molecule has 0 radical (unpaired) electrons. The Hall–Kier alpha value is -3.16. The van der Waals surface area contributed by atoms with Crippen LogP contribution in [-0.2, 0) is 9.59 Å². The van der Waals surface area contributed by atoms with Crippen molar-refractivity contribution in [3.63, 3.8) is 0 Å². The molecule has 0 aliphatic carbocycles. The lowest BCUT2D eigenvalue weighted by Gasteiger charge is -2.20. The number of ether oxygens (including phenoxy) is 2. The molecule has 3 rings (SSSR count). The largest absolute Gasteiger partial charge is 0.497 e. The van der Waals surface area contributed by atoms with E-state index in [1.807, 2.05) is 0 Å². The number of halogens is 2. The number of rotatable bonds is 5. The first-order valence-corrected chi connectivity index (χ1v) is 8.22. The lowest BCUT2D eigenvalue weighted by atomic mass is 10.1. The van der Waals surface area contributed by atoms with E-state index >= 15 is 0 Å². The second-order valence-corrected chi connectivity index (χ2v) is 6.03. The number of anilines is 2. The summed E-state index contributed by atoms with van der Waals surface area (Å²) in [7, 11) is 2.97. The molecule has 27 heavy (non-hydrogen) atoms. The Balaban J connectivity index is 1.78. The first-order chi connectivity index (χ1) is 12.9. The van der Waals surface area contributed by atoms with Gasteiger partial charge < -0.3 is 19.7 Å². The maximum absolute atomic E-state index is 13.7. The molecule has 2 aromatic carbocycles. The third-order valence-electron chi connectivity index (χ3n) is 4.38. The molecule has 1 atom stereocenters. The summed E-state index contributed by atoms with van der Waals surface area (Å²) in [5.74, 6) is -2.42. The van der Waals surface area contributed by atoms with Crippen molar-refractivity contribution >= 4 is 23.2 Å². The Kier molecular flexibility index (Phi) is 5.25. The number of benzene rings is 2. The summed E-state index contributed by atoms with van der Waals surface area (Å²) in [6.45, 7) is 0.0728. The van der Waals surface area contributed by atoms with E-state index in [0.717, 1.165) is 12.1 Å². The molecule has 1 aliphatic rings. The summed E-state index contributed by atoms with van der Waals surface area (Å²) < 4.78 is 37.9. The Morgan fingerprint density at radius 2 is 1.85 bits per heavy atom. The fourth-order valence-electron chi connectivity index (χ4n) is 2.97. The van der Waals surface area contributed by atoms with Crippen LogP contribution >= 0.6 is 0 Å². The molecule has 0 saturated carbocycles. The second kappa shape index (κ2) is 7.61. The molecule has 1 N–H and O–H groups in total. The lowest BCUT2D eigenvalue weighted by molar-refractivity contribution is -0.122. The van der Waals surface area contributed by atoms with E-state index in [0.29, 0.717) is 17.2 Å². The number of nitrogens with one attached hydrogen (secondary N) is 1. The normalized spacial score (nSPS) is 16.4. The van der Waals surface area contributed by atoms with E-state index in [1.54, 1.807) is 18.2 Å². The fourth-order valence-corrected chi connectivity index (χ4v) is 2.97. The maximum atomic E-state index is 13.7. The predicted octanol–water partition coefficient (Wildman–Crippen LogP) is 2.97. The summed E-state index contributed by atoms with van der Waals surface area (Å²) in [6.07, 6.45) is -0.0723. The van der Waals surface area contributed by atoms with Crippen LogP contribution in [0.15, 0.2) is 36.4 Å². The molecule has 1 heterocycles. The standard InChI is InChI=1S/C19H18F2N2O4/c1-26-12-6-7-15(16(9-12)27-2)23-10-11(8-17(23)24)19(25)22-18-13(20)4-3-5-14(18)21/h3-7,9,11H,8,10H2,1-2H3,(H,22,25). The van der Waals surface area contributed by atoms with Crippen molar-refractivity contribution in [3.8, 4) is 11.5 Å². The van der Waals surface area contributed by atoms with Crippen molar-refractivity contribution < 1.29 is 27.8 Å². The van der Waals surface area contributed by atoms with Crippen molar-refractivity contribution in [2.75, 3.05) is 31.0 Å². The van der Waals surface area contributed by atoms with Gasteiger partial charge in [-0.2, -0.15) is 0 Å². The van der Waals surface area contributed by atoms with E-state index in [4.69, 9.17) is 9.47 Å². The van der Waals surface area contributed by atoms with Crippen LogP contribution in [0.25, 0.3) is 0 Å². The first kappa shape index (κ1) is 18.6. The van der Waals surface area contributed by atoms with Gasteiger partial charge in [-0.05, 0) is 24.3 Å². The summed E-state index contributed by atoms with van der Waals surface area (Å²) >= 11 is 0. The molecule has 1 saturated heterocycles. The van der Waals surface area contributed by atoms with Crippen LogP contribution in [0.2, 0.25) is 0 Å². The van der Waals surface area contributed by atoms with Gasteiger partial charge in [0.1, 0.15) is 28.8 Å². The van der Waals surface area contributed by atoms with Crippen LogP contribution in [0.3, 0.4) is 0 Å². The Morgan fingerprint density at radius 3 is 2.48 bits per heavy atom. The zero-order chi connectivity index (χ0) is 19.6. The van der Waals surface area contributed by atoms with Crippen LogP contribution < -0.4 is 19.7 Å².